The number of aliphatic carboxylic acids is 1. The van der Waals surface area contributed by atoms with Gasteiger partial charge in [0.25, 0.3) is 0 Å². The number of fused-ring (bicyclic) bond motifs is 5. The third-order valence-electron chi connectivity index (χ3n) is 5.83. The third kappa shape index (κ3) is 1.78. The quantitative estimate of drug-likeness (QED) is 0.371. The largest absolute Gasteiger partial charge is 0.480 e. The zero-order valence-corrected chi connectivity index (χ0v) is 13.3. The van der Waals surface area contributed by atoms with Crippen LogP contribution in [-0.4, -0.2) is 22.8 Å². The van der Waals surface area contributed by atoms with Crippen molar-refractivity contribution in [3.8, 4) is 5.75 Å². The Balaban J connectivity index is 1.98. The normalized spacial score (nSPS) is 34.4. The Labute approximate surface area is 139 Å². The molecule has 5 nitrogen and oxygen atoms in total. The van der Waals surface area contributed by atoms with E-state index in [0.29, 0.717) is 17.7 Å². The molecule has 1 saturated carbocycles. The Morgan fingerprint density at radius 2 is 2.04 bits per heavy atom. The number of rotatable bonds is 1. The Morgan fingerprint density at radius 1 is 1.29 bits per heavy atom. The summed E-state index contributed by atoms with van der Waals surface area (Å²) in [4.78, 5) is 37.9. The van der Waals surface area contributed by atoms with E-state index in [4.69, 9.17) is 4.74 Å². The molecule has 24 heavy (non-hydrogen) atoms. The number of carbonyl (C=O) groups excluding carboxylic acids is 2. The third-order valence-corrected chi connectivity index (χ3v) is 5.83. The van der Waals surface area contributed by atoms with Crippen molar-refractivity contribution < 1.29 is 24.2 Å². The molecule has 0 spiro atoms. The predicted molar refractivity (Wildman–Crippen MR) is 84.5 cm³/mol. The zero-order valence-electron chi connectivity index (χ0n) is 13.3. The van der Waals surface area contributed by atoms with Crippen molar-refractivity contribution in [2.24, 2.45) is 17.3 Å². The van der Waals surface area contributed by atoms with Gasteiger partial charge in [-0.05, 0) is 25.8 Å². The van der Waals surface area contributed by atoms with Crippen LogP contribution in [0.1, 0.15) is 37.7 Å². The molecule has 1 aliphatic heterocycles. The van der Waals surface area contributed by atoms with Gasteiger partial charge in [-0.1, -0.05) is 29.8 Å². The number of benzene rings is 1. The fourth-order valence-corrected chi connectivity index (χ4v) is 4.68. The molecule has 0 bridgehead atoms. The molecular formula is C19H18O5. The van der Waals surface area contributed by atoms with E-state index < -0.39 is 35.1 Å². The Bertz CT molecular complexity index is 793. The van der Waals surface area contributed by atoms with Gasteiger partial charge >= 0.3 is 11.9 Å². The van der Waals surface area contributed by atoms with Crippen LogP contribution in [0.25, 0.3) is 0 Å². The number of ketones is 1. The summed E-state index contributed by atoms with van der Waals surface area (Å²) >= 11 is 0. The highest BCUT2D eigenvalue weighted by Crippen LogP contribution is 2.59. The minimum absolute atomic E-state index is 0.0510. The number of ether oxygens (including phenoxy) is 1. The lowest BCUT2D eigenvalue weighted by Crippen LogP contribution is -2.60. The molecule has 4 rings (SSSR count). The highest BCUT2D eigenvalue weighted by molar-refractivity contribution is 6.06. The van der Waals surface area contributed by atoms with Crippen molar-refractivity contribution in [3.05, 3.63) is 41.5 Å². The predicted octanol–water partition coefficient (Wildman–Crippen LogP) is 2.71. The number of para-hydroxylation sites is 1. The first kappa shape index (κ1) is 15.1. The summed E-state index contributed by atoms with van der Waals surface area (Å²) in [6.45, 7) is 1.92. The van der Waals surface area contributed by atoms with Gasteiger partial charge in [0.05, 0.1) is 0 Å². The summed E-state index contributed by atoms with van der Waals surface area (Å²) in [5, 5.41) is 10.1. The first-order valence-corrected chi connectivity index (χ1v) is 8.21. The van der Waals surface area contributed by atoms with E-state index >= 15 is 0 Å². The molecule has 1 aromatic rings. The van der Waals surface area contributed by atoms with Crippen molar-refractivity contribution in [2.45, 2.75) is 32.1 Å². The van der Waals surface area contributed by atoms with Gasteiger partial charge in [0, 0.05) is 29.7 Å². The molecule has 0 aromatic heterocycles. The van der Waals surface area contributed by atoms with Gasteiger partial charge in [0.2, 0.25) is 0 Å². The molecule has 0 amide bonds. The molecule has 1 heterocycles. The molecule has 5 heteroatoms. The van der Waals surface area contributed by atoms with Gasteiger partial charge in [-0.15, -0.1) is 0 Å². The fourth-order valence-electron chi connectivity index (χ4n) is 4.68. The van der Waals surface area contributed by atoms with Gasteiger partial charge in [-0.3, -0.25) is 14.4 Å². The molecule has 3 aliphatic rings. The topological polar surface area (TPSA) is 80.7 Å². The van der Waals surface area contributed by atoms with Crippen LogP contribution in [0.4, 0.5) is 0 Å². The van der Waals surface area contributed by atoms with Crippen LogP contribution in [0, 0.1) is 17.3 Å². The first-order valence-electron chi connectivity index (χ1n) is 8.21. The minimum Gasteiger partial charge on any atom is -0.480 e. The average molecular weight is 326 g/mol. The summed E-state index contributed by atoms with van der Waals surface area (Å²) in [6, 6.07) is 6.93. The summed E-state index contributed by atoms with van der Waals surface area (Å²) < 4.78 is 5.43. The number of allylic oxidation sites excluding steroid dienone is 2. The number of Topliss-reactive ketones (excluding diaryl/α,β-unsaturated/α-hetero) is 1. The Morgan fingerprint density at radius 3 is 2.79 bits per heavy atom. The maximum atomic E-state index is 12.9. The van der Waals surface area contributed by atoms with Gasteiger partial charge in [-0.25, -0.2) is 0 Å². The number of hydrogen-bond donors (Lipinski definition) is 1. The molecule has 2 aliphatic carbocycles. The maximum absolute atomic E-state index is 12.9. The highest BCUT2D eigenvalue weighted by Gasteiger charge is 2.67. The van der Waals surface area contributed by atoms with Crippen LogP contribution in [-0.2, 0) is 14.4 Å². The van der Waals surface area contributed by atoms with Crippen molar-refractivity contribution >= 4 is 17.7 Å². The molecule has 124 valence electrons. The molecular weight excluding hydrogens is 308 g/mol. The second-order valence-corrected chi connectivity index (χ2v) is 7.01. The van der Waals surface area contributed by atoms with Crippen molar-refractivity contribution in [1.29, 1.82) is 0 Å². The van der Waals surface area contributed by atoms with E-state index in [1.165, 1.54) is 0 Å². The number of carboxylic acids is 1. The Kier molecular flexibility index (Phi) is 3.17. The number of hydrogen-bond acceptors (Lipinski definition) is 4. The molecule has 1 N–H and O–H groups in total. The van der Waals surface area contributed by atoms with Gasteiger partial charge < -0.3 is 9.84 Å². The molecule has 1 aromatic carbocycles. The maximum Gasteiger partial charge on any atom is 0.330 e. The van der Waals surface area contributed by atoms with E-state index in [1.54, 1.807) is 24.3 Å². The minimum atomic E-state index is -1.71. The van der Waals surface area contributed by atoms with E-state index in [-0.39, 0.29) is 12.2 Å². The first-order chi connectivity index (χ1) is 11.5. The van der Waals surface area contributed by atoms with Crippen LogP contribution >= 0.6 is 0 Å². The van der Waals surface area contributed by atoms with Crippen molar-refractivity contribution in [2.75, 3.05) is 0 Å². The SMILES string of the molecule is CC1=CC2C(CC1)C(=O)CC1c3ccccc3OC(=O)C12C(=O)O. The van der Waals surface area contributed by atoms with Crippen LogP contribution < -0.4 is 4.74 Å². The monoisotopic (exact) mass is 326 g/mol. The van der Waals surface area contributed by atoms with E-state index in [2.05, 4.69) is 0 Å². The van der Waals surface area contributed by atoms with Gasteiger partial charge in [0.15, 0.2) is 5.41 Å². The van der Waals surface area contributed by atoms with Gasteiger partial charge in [-0.2, -0.15) is 0 Å². The molecule has 4 atom stereocenters. The molecule has 0 saturated heterocycles. The number of esters is 1. The lowest BCUT2D eigenvalue weighted by Gasteiger charge is -2.50. The van der Waals surface area contributed by atoms with Crippen LogP contribution in [0.3, 0.4) is 0 Å². The summed E-state index contributed by atoms with van der Waals surface area (Å²) in [7, 11) is 0. The summed E-state index contributed by atoms with van der Waals surface area (Å²) in [5.74, 6) is -3.26. The molecule has 1 fully saturated rings. The van der Waals surface area contributed by atoms with Crippen LogP contribution in [0.2, 0.25) is 0 Å². The second-order valence-electron chi connectivity index (χ2n) is 7.01. The van der Waals surface area contributed by atoms with E-state index in [9.17, 15) is 19.5 Å². The van der Waals surface area contributed by atoms with Gasteiger partial charge in [0.1, 0.15) is 11.5 Å². The average Bonchev–Trinajstić information content (AvgIpc) is 2.54. The summed E-state index contributed by atoms with van der Waals surface area (Å²) in [6.07, 6.45) is 3.26. The highest BCUT2D eigenvalue weighted by atomic mass is 16.5. The Hall–Kier alpha value is -2.43. The van der Waals surface area contributed by atoms with E-state index in [0.717, 1.165) is 12.0 Å². The zero-order chi connectivity index (χ0) is 17.1. The molecule has 0 radical (unpaired) electrons. The van der Waals surface area contributed by atoms with E-state index in [1.807, 2.05) is 13.0 Å². The number of carbonyl (C=O) groups is 3. The molecule has 4 unspecified atom stereocenters. The summed E-state index contributed by atoms with van der Waals surface area (Å²) in [5.41, 5.74) is -0.0471. The fraction of sp³-hybridized carbons (Fsp3) is 0.421. The van der Waals surface area contributed by atoms with Crippen LogP contribution in [0.5, 0.6) is 5.75 Å². The standard InChI is InChI=1S/C19H18O5/c1-10-6-7-11-13(8-10)19(17(21)22)14(9-15(11)20)12-4-2-3-5-16(12)24-18(19)23/h2-5,8,11,13-14H,6-7,9H2,1H3,(H,21,22). The van der Waals surface area contributed by atoms with Crippen molar-refractivity contribution in [3.63, 3.8) is 0 Å². The lowest BCUT2D eigenvalue weighted by atomic mass is 9.51. The van der Waals surface area contributed by atoms with Crippen LogP contribution in [0.15, 0.2) is 35.9 Å². The van der Waals surface area contributed by atoms with Crippen molar-refractivity contribution in [1.82, 2.24) is 0 Å². The smallest absolute Gasteiger partial charge is 0.330 e. The lowest BCUT2D eigenvalue weighted by molar-refractivity contribution is -0.176. The second kappa shape index (κ2) is 5.03. The number of carboxylic acid groups (broad SMARTS) is 1.